The minimum atomic E-state index is -0.757. The topological polar surface area (TPSA) is 52.3 Å². The fourth-order valence-corrected chi connectivity index (χ4v) is 1.98. The van der Waals surface area contributed by atoms with Gasteiger partial charge in [0.2, 0.25) is 5.91 Å². The lowest BCUT2D eigenvalue weighted by Crippen LogP contribution is -2.35. The lowest BCUT2D eigenvalue weighted by atomic mass is 9.83. The molecule has 2 N–H and O–H groups in total. The predicted octanol–water partition coefficient (Wildman–Crippen LogP) is 3.03. The van der Waals surface area contributed by atoms with Crippen LogP contribution < -0.4 is 10.5 Å². The Morgan fingerprint density at radius 1 is 1.05 bits per heavy atom. The average molecular weight is 269 g/mol. The third kappa shape index (κ3) is 2.99. The Balaban J connectivity index is 2.23. The zero-order valence-electron chi connectivity index (χ0n) is 11.8. The predicted molar refractivity (Wildman–Crippen MR) is 79.4 cm³/mol. The number of primary amides is 1. The molecule has 0 bridgehead atoms. The first-order valence-electron chi connectivity index (χ1n) is 6.58. The summed E-state index contributed by atoms with van der Waals surface area (Å²) in [6.07, 6.45) is 0. The molecular weight excluding hydrogens is 250 g/mol. The molecule has 2 aromatic rings. The van der Waals surface area contributed by atoms with Gasteiger partial charge in [-0.2, -0.15) is 0 Å². The van der Waals surface area contributed by atoms with Gasteiger partial charge in [0, 0.05) is 5.56 Å². The normalized spacial score (nSPS) is 11.1. The van der Waals surface area contributed by atoms with Crippen molar-refractivity contribution in [3.05, 3.63) is 65.7 Å². The second-order valence-electron chi connectivity index (χ2n) is 5.26. The van der Waals surface area contributed by atoms with Crippen molar-refractivity contribution in [1.82, 2.24) is 0 Å². The third-order valence-corrected chi connectivity index (χ3v) is 3.41. The molecule has 0 saturated heterocycles. The number of nitrogens with two attached hydrogens (primary N) is 1. The molecule has 0 atom stereocenters. The van der Waals surface area contributed by atoms with Crippen molar-refractivity contribution in [2.45, 2.75) is 25.9 Å². The molecule has 0 fully saturated rings. The van der Waals surface area contributed by atoms with Crippen LogP contribution in [0, 0.1) is 0 Å². The maximum absolute atomic E-state index is 11.6. The Morgan fingerprint density at radius 3 is 2.30 bits per heavy atom. The van der Waals surface area contributed by atoms with Crippen molar-refractivity contribution in [2.24, 2.45) is 5.73 Å². The largest absolute Gasteiger partial charge is 0.489 e. The number of para-hydroxylation sites is 1. The fourth-order valence-electron chi connectivity index (χ4n) is 1.98. The number of ether oxygens (including phenoxy) is 1. The van der Waals surface area contributed by atoms with Gasteiger partial charge in [0.05, 0.1) is 5.41 Å². The van der Waals surface area contributed by atoms with Gasteiger partial charge >= 0.3 is 0 Å². The van der Waals surface area contributed by atoms with E-state index in [4.69, 9.17) is 10.5 Å². The molecule has 20 heavy (non-hydrogen) atoms. The average Bonchev–Trinajstić information content (AvgIpc) is 2.46. The highest BCUT2D eigenvalue weighted by molar-refractivity contribution is 5.86. The maximum atomic E-state index is 11.6. The number of hydrogen-bond donors (Lipinski definition) is 1. The van der Waals surface area contributed by atoms with Crippen LogP contribution in [0.1, 0.15) is 25.0 Å². The van der Waals surface area contributed by atoms with E-state index in [1.165, 1.54) is 0 Å². The Bertz CT molecular complexity index is 591. The summed E-state index contributed by atoms with van der Waals surface area (Å²) in [4.78, 5) is 11.6. The highest BCUT2D eigenvalue weighted by atomic mass is 16.5. The number of carbonyl (C=O) groups excluding carboxylic acids is 1. The minimum absolute atomic E-state index is 0.367. The summed E-state index contributed by atoms with van der Waals surface area (Å²) in [6, 6.07) is 17.4. The Kier molecular flexibility index (Phi) is 4.08. The van der Waals surface area contributed by atoms with Crippen LogP contribution in [0.3, 0.4) is 0 Å². The second-order valence-corrected chi connectivity index (χ2v) is 5.26. The van der Waals surface area contributed by atoms with Crippen LogP contribution in [0.2, 0.25) is 0 Å². The molecule has 0 unspecified atom stereocenters. The van der Waals surface area contributed by atoms with Crippen molar-refractivity contribution < 1.29 is 9.53 Å². The van der Waals surface area contributed by atoms with Crippen LogP contribution in [0.25, 0.3) is 0 Å². The van der Waals surface area contributed by atoms with E-state index in [0.29, 0.717) is 12.4 Å². The van der Waals surface area contributed by atoms with E-state index >= 15 is 0 Å². The summed E-state index contributed by atoms with van der Waals surface area (Å²) in [5, 5.41) is 0. The van der Waals surface area contributed by atoms with E-state index in [2.05, 4.69) is 0 Å². The molecule has 0 aliphatic rings. The Morgan fingerprint density at radius 2 is 1.65 bits per heavy atom. The summed E-state index contributed by atoms with van der Waals surface area (Å²) >= 11 is 0. The molecule has 0 radical (unpaired) electrons. The lowest BCUT2D eigenvalue weighted by Gasteiger charge is -2.24. The van der Waals surface area contributed by atoms with Crippen LogP contribution in [-0.4, -0.2) is 5.91 Å². The zero-order valence-corrected chi connectivity index (χ0v) is 11.8. The van der Waals surface area contributed by atoms with Crippen molar-refractivity contribution >= 4 is 5.91 Å². The number of rotatable bonds is 5. The van der Waals surface area contributed by atoms with Crippen LogP contribution in [0.15, 0.2) is 54.6 Å². The van der Waals surface area contributed by atoms with Gasteiger partial charge in [-0.15, -0.1) is 0 Å². The van der Waals surface area contributed by atoms with Gasteiger partial charge in [-0.05, 0) is 25.5 Å². The van der Waals surface area contributed by atoms with E-state index in [0.717, 1.165) is 11.1 Å². The summed E-state index contributed by atoms with van der Waals surface area (Å²) in [7, 11) is 0. The highest BCUT2D eigenvalue weighted by Crippen LogP contribution is 2.31. The SMILES string of the molecule is CC(C)(C(N)=O)c1ccccc1OCc1ccccc1. The third-order valence-electron chi connectivity index (χ3n) is 3.41. The first-order chi connectivity index (χ1) is 9.51. The molecule has 3 nitrogen and oxygen atoms in total. The Hall–Kier alpha value is -2.29. The van der Waals surface area contributed by atoms with Crippen LogP contribution in [0.5, 0.6) is 5.75 Å². The van der Waals surface area contributed by atoms with Gasteiger partial charge < -0.3 is 10.5 Å². The van der Waals surface area contributed by atoms with E-state index < -0.39 is 5.41 Å². The smallest absolute Gasteiger partial charge is 0.227 e. The van der Waals surface area contributed by atoms with Gasteiger partial charge in [0.1, 0.15) is 12.4 Å². The molecule has 0 saturated carbocycles. The Labute approximate surface area is 119 Å². The molecule has 0 heterocycles. The maximum Gasteiger partial charge on any atom is 0.227 e. The first-order valence-corrected chi connectivity index (χ1v) is 6.58. The fraction of sp³-hybridized carbons (Fsp3) is 0.235. The van der Waals surface area contributed by atoms with E-state index in [1.54, 1.807) is 13.8 Å². The number of carbonyl (C=O) groups is 1. The number of amides is 1. The molecule has 2 rings (SSSR count). The molecule has 2 aromatic carbocycles. The van der Waals surface area contributed by atoms with Crippen LogP contribution >= 0.6 is 0 Å². The zero-order chi connectivity index (χ0) is 14.6. The monoisotopic (exact) mass is 269 g/mol. The van der Waals surface area contributed by atoms with Gasteiger partial charge in [0.25, 0.3) is 0 Å². The quantitative estimate of drug-likeness (QED) is 0.907. The minimum Gasteiger partial charge on any atom is -0.489 e. The molecule has 1 amide bonds. The van der Waals surface area contributed by atoms with Gasteiger partial charge in [-0.25, -0.2) is 0 Å². The number of benzene rings is 2. The van der Waals surface area contributed by atoms with Crippen molar-refractivity contribution in [2.75, 3.05) is 0 Å². The molecule has 0 spiro atoms. The van der Waals surface area contributed by atoms with Gasteiger partial charge in [0.15, 0.2) is 0 Å². The van der Waals surface area contributed by atoms with E-state index in [9.17, 15) is 4.79 Å². The summed E-state index contributed by atoms with van der Waals surface area (Å²) in [5.74, 6) is 0.327. The van der Waals surface area contributed by atoms with E-state index in [-0.39, 0.29) is 5.91 Å². The molecule has 0 aliphatic carbocycles. The lowest BCUT2D eigenvalue weighted by molar-refractivity contribution is -0.122. The highest BCUT2D eigenvalue weighted by Gasteiger charge is 2.30. The van der Waals surface area contributed by atoms with Crippen LogP contribution in [0.4, 0.5) is 0 Å². The molecule has 0 aliphatic heterocycles. The molecule has 0 aromatic heterocycles. The van der Waals surface area contributed by atoms with Crippen molar-refractivity contribution in [3.8, 4) is 5.75 Å². The van der Waals surface area contributed by atoms with Crippen LogP contribution in [-0.2, 0) is 16.8 Å². The van der Waals surface area contributed by atoms with Gasteiger partial charge in [-0.3, -0.25) is 4.79 Å². The first kappa shape index (κ1) is 14.1. The standard InChI is InChI=1S/C17H19NO2/c1-17(2,16(18)19)14-10-6-7-11-15(14)20-12-13-8-4-3-5-9-13/h3-11H,12H2,1-2H3,(H2,18,19). The molecule has 104 valence electrons. The number of hydrogen-bond acceptors (Lipinski definition) is 2. The van der Waals surface area contributed by atoms with E-state index in [1.807, 2.05) is 54.6 Å². The molecular formula is C17H19NO2. The van der Waals surface area contributed by atoms with Crippen molar-refractivity contribution in [1.29, 1.82) is 0 Å². The van der Waals surface area contributed by atoms with Gasteiger partial charge in [-0.1, -0.05) is 48.5 Å². The second kappa shape index (κ2) is 5.78. The molecule has 3 heteroatoms. The summed E-state index contributed by atoms with van der Waals surface area (Å²) in [5.41, 5.74) is 6.62. The summed E-state index contributed by atoms with van der Waals surface area (Å²) in [6.45, 7) is 4.08. The summed E-state index contributed by atoms with van der Waals surface area (Å²) < 4.78 is 5.85. The van der Waals surface area contributed by atoms with Crippen molar-refractivity contribution in [3.63, 3.8) is 0 Å².